The van der Waals surface area contributed by atoms with Gasteiger partial charge in [-0.05, 0) is 61.2 Å². The monoisotopic (exact) mass is 388 g/mol. The summed E-state index contributed by atoms with van der Waals surface area (Å²) in [5.74, 6) is 2.16. The first-order valence-corrected chi connectivity index (χ1v) is 9.66. The van der Waals surface area contributed by atoms with E-state index < -0.39 is 0 Å². The molecule has 0 saturated carbocycles. The fourth-order valence-corrected chi connectivity index (χ4v) is 3.44. The Bertz CT molecular complexity index is 1040. The molecule has 0 bridgehead atoms. The second kappa shape index (κ2) is 7.87. The molecule has 1 N–H and O–H groups in total. The minimum Gasteiger partial charge on any atom is -0.488 e. The topological polar surface area (TPSA) is 50.8 Å². The molecule has 2 amide bonds. The summed E-state index contributed by atoms with van der Waals surface area (Å²) in [7, 11) is 0. The molecule has 0 aromatic heterocycles. The van der Waals surface area contributed by atoms with Gasteiger partial charge < -0.3 is 14.8 Å². The summed E-state index contributed by atoms with van der Waals surface area (Å²) in [6.07, 6.45) is 8.65. The molecule has 2 aromatic carbocycles. The van der Waals surface area contributed by atoms with Gasteiger partial charge in [-0.25, -0.2) is 4.79 Å². The number of nitrogens with zero attached hydrogens (tertiary/aromatic N) is 1. The lowest BCUT2D eigenvalue weighted by atomic mass is 10.1. The summed E-state index contributed by atoms with van der Waals surface area (Å²) in [5.41, 5.74) is 5.23. The quantitative estimate of drug-likeness (QED) is 0.749. The van der Waals surface area contributed by atoms with Crippen LogP contribution >= 0.6 is 0 Å². The van der Waals surface area contributed by atoms with E-state index in [0.29, 0.717) is 30.3 Å². The number of urea groups is 1. The maximum Gasteiger partial charge on any atom is 0.325 e. The van der Waals surface area contributed by atoms with Crippen LogP contribution in [0.1, 0.15) is 22.3 Å². The van der Waals surface area contributed by atoms with Gasteiger partial charge in [-0.15, -0.1) is 0 Å². The minimum atomic E-state index is -0.205. The SMILES string of the molecule is C=C1C=CN(CCOc2cc(C)ccc2Oc2cc(C)cc3c2C=CC3)C(=O)N1. The Kier molecular flexibility index (Phi) is 5.12. The number of carbonyl (C=O) groups excluding carboxylic acids is 1. The number of hydrogen-bond donors (Lipinski definition) is 1. The number of ether oxygens (including phenoxy) is 2. The Labute approximate surface area is 170 Å². The van der Waals surface area contributed by atoms with Crippen LogP contribution in [0.25, 0.3) is 6.08 Å². The Morgan fingerprint density at radius 3 is 2.72 bits per heavy atom. The van der Waals surface area contributed by atoms with Crippen molar-refractivity contribution in [2.75, 3.05) is 13.2 Å². The average molecular weight is 388 g/mol. The number of hydrogen-bond acceptors (Lipinski definition) is 3. The van der Waals surface area contributed by atoms with Crippen LogP contribution in [0.4, 0.5) is 4.79 Å². The zero-order valence-electron chi connectivity index (χ0n) is 16.7. The summed E-state index contributed by atoms with van der Waals surface area (Å²) < 4.78 is 12.3. The van der Waals surface area contributed by atoms with E-state index in [-0.39, 0.29) is 6.03 Å². The summed E-state index contributed by atoms with van der Waals surface area (Å²) >= 11 is 0. The van der Waals surface area contributed by atoms with E-state index in [4.69, 9.17) is 9.47 Å². The molecular weight excluding hydrogens is 364 g/mol. The first kappa shape index (κ1) is 18.9. The molecule has 2 aliphatic rings. The van der Waals surface area contributed by atoms with Gasteiger partial charge in [-0.3, -0.25) is 4.90 Å². The van der Waals surface area contributed by atoms with E-state index in [0.717, 1.165) is 23.3 Å². The van der Waals surface area contributed by atoms with Crippen LogP contribution in [0.3, 0.4) is 0 Å². The third-order valence-corrected chi connectivity index (χ3v) is 4.89. The highest BCUT2D eigenvalue weighted by molar-refractivity contribution is 5.79. The number of aryl methyl sites for hydroxylation is 2. The molecule has 0 unspecified atom stereocenters. The zero-order chi connectivity index (χ0) is 20.4. The molecule has 5 heteroatoms. The van der Waals surface area contributed by atoms with Crippen molar-refractivity contribution >= 4 is 12.1 Å². The number of amides is 2. The van der Waals surface area contributed by atoms with E-state index in [1.165, 1.54) is 11.1 Å². The second-order valence-electron chi connectivity index (χ2n) is 7.31. The molecular formula is C24H24N2O3. The van der Waals surface area contributed by atoms with Gasteiger partial charge >= 0.3 is 6.03 Å². The number of rotatable bonds is 6. The van der Waals surface area contributed by atoms with Gasteiger partial charge in [0, 0.05) is 17.5 Å². The van der Waals surface area contributed by atoms with E-state index in [2.05, 4.69) is 37.0 Å². The number of fused-ring (bicyclic) bond motifs is 1. The van der Waals surface area contributed by atoms with Gasteiger partial charge in [-0.1, -0.05) is 30.9 Å². The molecule has 1 aliphatic carbocycles. The van der Waals surface area contributed by atoms with Gasteiger partial charge in [0.1, 0.15) is 12.4 Å². The Balaban J connectivity index is 1.50. The fourth-order valence-electron chi connectivity index (χ4n) is 3.44. The van der Waals surface area contributed by atoms with Crippen molar-refractivity contribution in [3.63, 3.8) is 0 Å². The van der Waals surface area contributed by atoms with Gasteiger partial charge in [0.05, 0.1) is 6.54 Å². The van der Waals surface area contributed by atoms with Crippen LogP contribution in [0.5, 0.6) is 17.2 Å². The maximum absolute atomic E-state index is 12.0. The Hall–Kier alpha value is -3.47. The molecule has 1 aliphatic heterocycles. The molecule has 5 nitrogen and oxygen atoms in total. The fraction of sp³-hybridized carbons (Fsp3) is 0.208. The first-order valence-electron chi connectivity index (χ1n) is 9.66. The number of benzene rings is 2. The summed E-state index contributed by atoms with van der Waals surface area (Å²) in [6.45, 7) is 8.57. The normalized spacial score (nSPS) is 14.8. The molecule has 0 saturated heterocycles. The molecule has 29 heavy (non-hydrogen) atoms. The predicted molar refractivity (Wildman–Crippen MR) is 114 cm³/mol. The van der Waals surface area contributed by atoms with Crippen LogP contribution in [0.15, 0.2) is 61.0 Å². The number of carbonyl (C=O) groups is 1. The molecule has 4 rings (SSSR count). The van der Waals surface area contributed by atoms with Gasteiger partial charge in [0.25, 0.3) is 0 Å². The average Bonchev–Trinajstić information content (AvgIpc) is 3.14. The highest BCUT2D eigenvalue weighted by Gasteiger charge is 2.17. The van der Waals surface area contributed by atoms with Crippen molar-refractivity contribution in [1.82, 2.24) is 10.2 Å². The lowest BCUT2D eigenvalue weighted by Crippen LogP contribution is -2.40. The standard InChI is InChI=1S/C24H24N2O3/c1-16-7-8-21(29-22-15-17(2)13-19-5-4-6-20(19)22)23(14-16)28-12-11-26-10-9-18(3)25-24(26)27/h4,6-10,13-15H,3,5,11-12H2,1-2H3,(H,25,27). The Morgan fingerprint density at radius 1 is 1.07 bits per heavy atom. The van der Waals surface area contributed by atoms with Crippen molar-refractivity contribution in [1.29, 1.82) is 0 Å². The van der Waals surface area contributed by atoms with E-state index >= 15 is 0 Å². The van der Waals surface area contributed by atoms with Gasteiger partial charge in [0.15, 0.2) is 11.5 Å². The number of nitrogens with one attached hydrogen (secondary N) is 1. The van der Waals surface area contributed by atoms with Crippen molar-refractivity contribution in [2.24, 2.45) is 0 Å². The highest BCUT2D eigenvalue weighted by atomic mass is 16.5. The van der Waals surface area contributed by atoms with Crippen molar-refractivity contribution in [3.8, 4) is 17.2 Å². The van der Waals surface area contributed by atoms with Crippen LogP contribution < -0.4 is 14.8 Å². The third kappa shape index (κ3) is 4.19. The second-order valence-corrected chi connectivity index (χ2v) is 7.31. The van der Waals surface area contributed by atoms with Crippen molar-refractivity contribution < 1.29 is 14.3 Å². The van der Waals surface area contributed by atoms with Crippen LogP contribution in [-0.2, 0) is 6.42 Å². The largest absolute Gasteiger partial charge is 0.488 e. The summed E-state index contributed by atoms with van der Waals surface area (Å²) in [6, 6.07) is 9.92. The minimum absolute atomic E-state index is 0.205. The van der Waals surface area contributed by atoms with Crippen LogP contribution in [0.2, 0.25) is 0 Å². The first-order chi connectivity index (χ1) is 14.0. The molecule has 0 fully saturated rings. The molecule has 0 atom stereocenters. The van der Waals surface area contributed by atoms with E-state index in [9.17, 15) is 4.79 Å². The maximum atomic E-state index is 12.0. The van der Waals surface area contributed by atoms with Crippen molar-refractivity contribution in [2.45, 2.75) is 20.3 Å². The summed E-state index contributed by atoms with van der Waals surface area (Å²) in [5, 5.41) is 2.68. The van der Waals surface area contributed by atoms with E-state index in [1.54, 1.807) is 17.2 Å². The van der Waals surface area contributed by atoms with Crippen LogP contribution in [-0.4, -0.2) is 24.1 Å². The Morgan fingerprint density at radius 2 is 1.90 bits per heavy atom. The highest BCUT2D eigenvalue weighted by Crippen LogP contribution is 2.37. The summed E-state index contributed by atoms with van der Waals surface area (Å²) in [4.78, 5) is 13.5. The lowest BCUT2D eigenvalue weighted by molar-refractivity contribution is 0.203. The number of allylic oxidation sites excluding steroid dienone is 2. The van der Waals surface area contributed by atoms with Crippen molar-refractivity contribution in [3.05, 3.63) is 83.2 Å². The molecule has 0 spiro atoms. The predicted octanol–water partition coefficient (Wildman–Crippen LogP) is 5.10. The third-order valence-electron chi connectivity index (χ3n) is 4.89. The molecule has 1 heterocycles. The van der Waals surface area contributed by atoms with Crippen LogP contribution in [0, 0.1) is 13.8 Å². The van der Waals surface area contributed by atoms with E-state index in [1.807, 2.05) is 31.2 Å². The van der Waals surface area contributed by atoms with Gasteiger partial charge in [0.2, 0.25) is 0 Å². The lowest BCUT2D eigenvalue weighted by Gasteiger charge is -2.23. The molecule has 2 aromatic rings. The molecule has 0 radical (unpaired) electrons. The molecule has 148 valence electrons. The van der Waals surface area contributed by atoms with Gasteiger partial charge in [-0.2, -0.15) is 0 Å². The smallest absolute Gasteiger partial charge is 0.325 e. The zero-order valence-corrected chi connectivity index (χ0v) is 16.7.